The van der Waals surface area contributed by atoms with Crippen molar-refractivity contribution in [1.82, 2.24) is 68.8 Å². The Labute approximate surface area is 658 Å². The number of nitrogens with two attached hydrogens (primary N) is 3. The van der Waals surface area contributed by atoms with Crippen LogP contribution in [0.3, 0.4) is 0 Å². The Balaban J connectivity index is 1.87. The van der Waals surface area contributed by atoms with E-state index in [9.17, 15) is 121 Å². The van der Waals surface area contributed by atoms with Crippen LogP contribution in [0.25, 0.3) is 10.9 Å². The summed E-state index contributed by atoms with van der Waals surface area (Å²) in [5.41, 5.74) is 18.2. The predicted octanol–water partition coefficient (Wildman–Crippen LogP) is -4.53. The van der Waals surface area contributed by atoms with Crippen molar-refractivity contribution in [3.8, 4) is 0 Å². The van der Waals surface area contributed by atoms with Crippen LogP contribution >= 0.6 is 0 Å². The number of benzene rings is 2. The van der Waals surface area contributed by atoms with E-state index in [1.54, 1.807) is 30.5 Å². The number of aliphatic hydroxyl groups is 1. The van der Waals surface area contributed by atoms with Gasteiger partial charge in [0.15, 0.2) is 11.6 Å². The number of amides is 13. The number of Topliss-reactive ketones (excluding diaryl/α,β-unsaturated/α-hetero) is 2. The lowest BCUT2D eigenvalue weighted by molar-refractivity contribution is -0.158. The second kappa shape index (κ2) is 47.8. The summed E-state index contributed by atoms with van der Waals surface area (Å²) in [7, 11) is 0. The van der Waals surface area contributed by atoms with Crippen LogP contribution in [0.2, 0.25) is 0 Å². The largest absolute Gasteiger partial charge is 0.481 e. The quantitative estimate of drug-likeness (QED) is 0.0114. The molecule has 630 valence electrons. The van der Waals surface area contributed by atoms with Crippen LogP contribution in [-0.4, -0.2) is 241 Å². The number of primary amides is 1. The van der Waals surface area contributed by atoms with Crippen LogP contribution in [0.5, 0.6) is 0 Å². The van der Waals surface area contributed by atoms with E-state index in [-0.39, 0.29) is 43.5 Å². The Morgan fingerprint density at radius 3 is 1.72 bits per heavy atom. The van der Waals surface area contributed by atoms with Gasteiger partial charge in [-0.1, -0.05) is 82.7 Å². The third-order valence-corrected chi connectivity index (χ3v) is 18.1. The van der Waals surface area contributed by atoms with Crippen molar-refractivity contribution < 1.29 is 126 Å². The van der Waals surface area contributed by atoms with E-state index in [2.05, 4.69) is 59.8 Å². The summed E-state index contributed by atoms with van der Waals surface area (Å²) in [6.07, 6.45) is -3.29. The van der Waals surface area contributed by atoms with Gasteiger partial charge in [0.25, 0.3) is 0 Å². The lowest BCUT2D eigenvalue weighted by Crippen LogP contribution is -2.61. The highest BCUT2D eigenvalue weighted by Gasteiger charge is 2.41. The van der Waals surface area contributed by atoms with Gasteiger partial charge >= 0.3 is 29.8 Å². The number of carboxylic acids is 4. The van der Waals surface area contributed by atoms with Crippen molar-refractivity contribution in [2.24, 2.45) is 23.3 Å². The SMILES string of the molecule is CCCCCCCCCC(=O)N[C@H](Cc1c[nH]c2ccccc12)C(=O)N[C@@H](CC(N)=O)C(=O)NC(CC(=O)O)C(=O)NC1C(=O)NCC(=O)NC(CCCN)C(=O)NC(CC(=O)O)C(=O)NC(C)C(=O)NC(CC(=O)O)C(=O)NCC(=O)NC(CO)C(=O)NC(C(C)CC(=O)O)C(=O)CC(CC(=O)c2ccccc2N)C(=O)OC1C. The molecule has 4 rings (SSSR count). The van der Waals surface area contributed by atoms with Crippen LogP contribution in [0.15, 0.2) is 54.7 Å². The van der Waals surface area contributed by atoms with Crippen LogP contribution in [0.4, 0.5) is 5.69 Å². The first-order valence-electron chi connectivity index (χ1n) is 37.0. The number of nitrogen functional groups attached to an aromatic ring is 1. The molecule has 2 heterocycles. The van der Waals surface area contributed by atoms with Crippen LogP contribution in [0.1, 0.15) is 153 Å². The minimum absolute atomic E-state index is 0.0155. The molecule has 42 nitrogen and oxygen atoms in total. The minimum atomic E-state index is -2.42. The Morgan fingerprint density at radius 2 is 1.12 bits per heavy atom. The highest BCUT2D eigenvalue weighted by molar-refractivity contribution is 6.05. The molecular weight excluding hydrogens is 1520 g/mol. The summed E-state index contributed by atoms with van der Waals surface area (Å²) in [6.45, 7) is 1.24. The van der Waals surface area contributed by atoms with E-state index in [4.69, 9.17) is 21.9 Å². The molecule has 13 atom stereocenters. The van der Waals surface area contributed by atoms with Crippen molar-refractivity contribution in [3.63, 3.8) is 0 Å². The number of rotatable bonds is 35. The number of aliphatic carboxylic acids is 4. The molecule has 42 heteroatoms. The van der Waals surface area contributed by atoms with Crippen molar-refractivity contribution in [3.05, 3.63) is 65.9 Å². The van der Waals surface area contributed by atoms with Crippen LogP contribution in [-0.2, 0) is 102 Å². The highest BCUT2D eigenvalue weighted by Crippen LogP contribution is 2.25. The van der Waals surface area contributed by atoms with Gasteiger partial charge in [-0.3, -0.25) is 95.9 Å². The number of para-hydroxylation sites is 2. The molecule has 11 unspecified atom stereocenters. The molecule has 1 aromatic heterocycles. The highest BCUT2D eigenvalue weighted by atomic mass is 16.5. The summed E-state index contributed by atoms with van der Waals surface area (Å²) in [6, 6.07) is -7.90. The lowest BCUT2D eigenvalue weighted by atomic mass is 9.86. The normalized spacial score (nSPS) is 21.3. The Morgan fingerprint density at radius 1 is 0.574 bits per heavy atom. The second-order valence-corrected chi connectivity index (χ2v) is 27.6. The van der Waals surface area contributed by atoms with Gasteiger partial charge in [-0.05, 0) is 69.3 Å². The van der Waals surface area contributed by atoms with E-state index < -0.39 is 261 Å². The zero-order chi connectivity index (χ0) is 85.8. The van der Waals surface area contributed by atoms with Gasteiger partial charge in [0.1, 0.15) is 60.5 Å². The number of cyclic esters (lactones) is 1. The van der Waals surface area contributed by atoms with Crippen LogP contribution < -0.4 is 81.0 Å². The third-order valence-electron chi connectivity index (χ3n) is 18.1. The maximum absolute atomic E-state index is 14.9. The number of aliphatic hydroxyl groups excluding tert-OH is 1. The molecule has 0 aliphatic carbocycles. The van der Waals surface area contributed by atoms with E-state index in [1.807, 2.05) is 16.0 Å². The number of hydrogen-bond acceptors (Lipinski definition) is 24. The number of ether oxygens (including phenoxy) is 1. The molecule has 0 spiro atoms. The molecule has 1 saturated heterocycles. The summed E-state index contributed by atoms with van der Waals surface area (Å²) in [4.78, 5) is 276. The molecular formula is C73H102N16O26. The lowest BCUT2D eigenvalue weighted by Gasteiger charge is -2.29. The van der Waals surface area contributed by atoms with E-state index >= 15 is 0 Å². The minimum Gasteiger partial charge on any atom is -0.481 e. The number of H-pyrrole nitrogens is 1. The molecule has 3 aromatic rings. The zero-order valence-electron chi connectivity index (χ0n) is 63.8. The first kappa shape index (κ1) is 94.9. The number of ketones is 2. The number of unbranched alkanes of at least 4 members (excludes halogenated alkanes) is 6. The summed E-state index contributed by atoms with van der Waals surface area (Å²) in [5.74, 6) is -31.1. The number of aromatic nitrogens is 1. The molecule has 1 aliphatic rings. The van der Waals surface area contributed by atoms with Crippen molar-refractivity contribution in [1.29, 1.82) is 0 Å². The smallest absolute Gasteiger partial charge is 0.310 e. The van der Waals surface area contributed by atoms with E-state index in [0.717, 1.165) is 52.9 Å². The number of carboxylic acid groups (broad SMARTS) is 4. The topological polar surface area (TPSA) is 690 Å². The van der Waals surface area contributed by atoms with Gasteiger partial charge in [0.05, 0.1) is 63.8 Å². The first-order chi connectivity index (χ1) is 54.4. The standard InChI is InChI=1S/C73H102N16O26/c1-5-6-7-8-9-10-11-22-55(94)82-46(25-40-32-77-44-20-15-13-17-41(40)44)68(109)85-47(28-54(76)93)69(110)87-50(31-61(103)104)70(111)89-63-38(4)115-73(114)39(26-52(91)42-18-12-14-19-43(42)75)27-53(92)62(36(2)24-58(97)98)88-71(112)51(35-90)83-57(96)33-78-65(106)48(29-59(99)100)84-64(105)37(3)80-67(108)49(30-60(101)102)86-66(107)45(21-16-23-74)81-56(95)34-79-72(63)113/h12-15,17-20,32,36-39,45-51,62-63,77,90H,5-11,16,21-31,33-35,74-75H2,1-4H3,(H2,76,93)(H,78,106)(H,79,113)(H,80,108)(H,81,95)(H,82,94)(H,83,96)(H,84,105)(H,85,109)(H,86,107)(H,87,110)(H,88,112)(H,89,111)(H,97,98)(H,99,100)(H,101,102)(H,103,104)/t36?,37?,38?,39?,45?,46-,47+,48?,49?,50?,51?,62?,63?/m1/s1. The fraction of sp³-hybridized carbons (Fsp3) is 0.534. The van der Waals surface area contributed by atoms with E-state index in [0.29, 0.717) is 29.3 Å². The average molecular weight is 1620 g/mol. The molecule has 115 heavy (non-hydrogen) atoms. The number of anilines is 1. The molecule has 13 amide bonds. The van der Waals surface area contributed by atoms with Crippen molar-refractivity contribution in [2.45, 2.75) is 210 Å². The van der Waals surface area contributed by atoms with Gasteiger partial charge in [-0.15, -0.1) is 0 Å². The third kappa shape index (κ3) is 32.6. The second-order valence-electron chi connectivity index (χ2n) is 27.6. The van der Waals surface area contributed by atoms with Gasteiger partial charge in [-0.2, -0.15) is 0 Å². The molecule has 0 radical (unpaired) electrons. The summed E-state index contributed by atoms with van der Waals surface area (Å²) < 4.78 is 5.74. The molecule has 1 aliphatic heterocycles. The van der Waals surface area contributed by atoms with Crippen molar-refractivity contribution in [2.75, 3.05) is 32.0 Å². The van der Waals surface area contributed by atoms with Gasteiger partial charge in [0, 0.05) is 54.0 Å². The molecule has 1 fully saturated rings. The van der Waals surface area contributed by atoms with Gasteiger partial charge in [-0.25, -0.2) is 0 Å². The number of nitrogens with one attached hydrogen (secondary N) is 13. The molecule has 0 saturated carbocycles. The molecule has 2 aromatic carbocycles. The van der Waals surface area contributed by atoms with Crippen molar-refractivity contribution >= 4 is 135 Å². The molecule has 24 N–H and O–H groups in total. The average Bonchev–Trinajstić information content (AvgIpc) is 1.72. The number of carbonyl (C=O) groups is 20. The zero-order valence-corrected chi connectivity index (χ0v) is 63.8. The Hall–Kier alpha value is -12.5. The maximum atomic E-state index is 14.9. The number of fused-ring (bicyclic) bond motifs is 1. The maximum Gasteiger partial charge on any atom is 0.310 e. The Kier molecular flexibility index (Phi) is 39.4. The van der Waals surface area contributed by atoms with Gasteiger partial charge < -0.3 is 116 Å². The Bertz CT molecular complexity index is 4040. The molecule has 0 bridgehead atoms. The number of hydrogen-bond donors (Lipinski definition) is 21. The fourth-order valence-electron chi connectivity index (χ4n) is 12.0. The number of aromatic amines is 1. The van der Waals surface area contributed by atoms with Crippen LogP contribution in [0, 0.1) is 11.8 Å². The number of carbonyl (C=O) groups excluding carboxylic acids is 16. The number of esters is 1. The predicted molar refractivity (Wildman–Crippen MR) is 401 cm³/mol. The summed E-state index contributed by atoms with van der Waals surface area (Å²) >= 11 is 0. The summed E-state index contributed by atoms with van der Waals surface area (Å²) in [5, 5.41) is 76.7. The first-order valence-corrected chi connectivity index (χ1v) is 37.0. The fourth-order valence-corrected chi connectivity index (χ4v) is 12.0. The van der Waals surface area contributed by atoms with E-state index in [1.165, 1.54) is 24.3 Å². The monoisotopic (exact) mass is 1620 g/mol. The van der Waals surface area contributed by atoms with Gasteiger partial charge in [0.2, 0.25) is 76.8 Å².